The van der Waals surface area contributed by atoms with Crippen molar-refractivity contribution in [3.8, 4) is 0 Å². The van der Waals surface area contributed by atoms with Crippen molar-refractivity contribution >= 4 is 29.1 Å². The van der Waals surface area contributed by atoms with Gasteiger partial charge in [-0.15, -0.1) is 0 Å². The van der Waals surface area contributed by atoms with Gasteiger partial charge in [-0.3, -0.25) is 14.6 Å². The van der Waals surface area contributed by atoms with Gasteiger partial charge in [0.15, 0.2) is 0 Å². The van der Waals surface area contributed by atoms with Crippen LogP contribution in [0.1, 0.15) is 17.2 Å². The van der Waals surface area contributed by atoms with Crippen LogP contribution in [0.3, 0.4) is 0 Å². The molecular formula is C19H17ClN2O4. The van der Waals surface area contributed by atoms with Crippen molar-refractivity contribution < 1.29 is 19.4 Å². The van der Waals surface area contributed by atoms with Gasteiger partial charge in [-0.25, -0.2) is 0 Å². The van der Waals surface area contributed by atoms with Crippen LogP contribution in [0.4, 0.5) is 0 Å². The number of benzene rings is 1. The SMILES string of the molecule is COCCN1C(=O)C(=O)/C(=C(\O)c2ccc(Cl)cc2)C1c1cccnc1. The topological polar surface area (TPSA) is 79.7 Å². The Bertz CT molecular complexity index is 850. The van der Waals surface area contributed by atoms with E-state index in [1.807, 2.05) is 0 Å². The number of carbonyl (C=O) groups excluding carboxylic acids is 2. The summed E-state index contributed by atoms with van der Waals surface area (Å²) in [6.45, 7) is 0.489. The Morgan fingerprint density at radius 3 is 2.62 bits per heavy atom. The van der Waals surface area contributed by atoms with Crippen molar-refractivity contribution in [3.63, 3.8) is 0 Å². The van der Waals surface area contributed by atoms with Gasteiger partial charge in [0, 0.05) is 36.6 Å². The molecule has 7 heteroatoms. The van der Waals surface area contributed by atoms with E-state index >= 15 is 0 Å². The highest BCUT2D eigenvalue weighted by molar-refractivity contribution is 6.46. The number of amides is 1. The van der Waals surface area contributed by atoms with Crippen LogP contribution in [0, 0.1) is 0 Å². The lowest BCUT2D eigenvalue weighted by molar-refractivity contribution is -0.140. The molecule has 1 saturated heterocycles. The van der Waals surface area contributed by atoms with E-state index in [1.165, 1.54) is 12.0 Å². The van der Waals surface area contributed by atoms with Gasteiger partial charge in [0.05, 0.1) is 18.2 Å². The van der Waals surface area contributed by atoms with E-state index in [0.717, 1.165) is 0 Å². The van der Waals surface area contributed by atoms with Gasteiger partial charge in [0.1, 0.15) is 5.76 Å². The molecule has 3 rings (SSSR count). The third-order valence-electron chi connectivity index (χ3n) is 4.19. The molecule has 0 spiro atoms. The lowest BCUT2D eigenvalue weighted by Gasteiger charge is -2.24. The molecule has 1 atom stereocenters. The molecule has 134 valence electrons. The van der Waals surface area contributed by atoms with Crippen LogP contribution in [0.25, 0.3) is 5.76 Å². The molecule has 1 aliphatic heterocycles. The number of hydrogen-bond acceptors (Lipinski definition) is 5. The van der Waals surface area contributed by atoms with Gasteiger partial charge in [-0.1, -0.05) is 17.7 Å². The summed E-state index contributed by atoms with van der Waals surface area (Å²) >= 11 is 5.88. The fourth-order valence-electron chi connectivity index (χ4n) is 2.95. The van der Waals surface area contributed by atoms with Gasteiger partial charge < -0.3 is 14.7 Å². The number of ketones is 1. The van der Waals surface area contributed by atoms with E-state index in [9.17, 15) is 14.7 Å². The summed E-state index contributed by atoms with van der Waals surface area (Å²) in [6.07, 6.45) is 3.18. The second kappa shape index (κ2) is 7.68. The Morgan fingerprint density at radius 2 is 2.00 bits per heavy atom. The van der Waals surface area contributed by atoms with Crippen molar-refractivity contribution in [1.29, 1.82) is 0 Å². The van der Waals surface area contributed by atoms with Crippen LogP contribution < -0.4 is 0 Å². The third kappa shape index (κ3) is 3.34. The summed E-state index contributed by atoms with van der Waals surface area (Å²) in [6, 6.07) is 9.16. The molecule has 2 aromatic rings. The average molecular weight is 373 g/mol. The molecule has 6 nitrogen and oxygen atoms in total. The van der Waals surface area contributed by atoms with Crippen LogP contribution in [0.15, 0.2) is 54.4 Å². The van der Waals surface area contributed by atoms with Crippen molar-refractivity contribution in [3.05, 3.63) is 70.5 Å². The van der Waals surface area contributed by atoms with Gasteiger partial charge in [-0.05, 0) is 35.9 Å². The summed E-state index contributed by atoms with van der Waals surface area (Å²) in [5, 5.41) is 11.3. The zero-order chi connectivity index (χ0) is 18.7. The summed E-state index contributed by atoms with van der Waals surface area (Å²) in [7, 11) is 1.52. The number of pyridine rings is 1. The smallest absolute Gasteiger partial charge is 0.295 e. The standard InChI is InChI=1S/C19H17ClN2O4/c1-26-10-9-22-16(13-3-2-8-21-11-13)15(18(24)19(22)25)17(23)12-4-6-14(20)7-5-12/h2-8,11,16,23H,9-10H2,1H3/b17-15-. The molecule has 1 aliphatic rings. The van der Waals surface area contributed by atoms with Crippen molar-refractivity contribution in [2.24, 2.45) is 0 Å². The molecule has 1 amide bonds. The first-order valence-corrected chi connectivity index (χ1v) is 8.35. The molecule has 1 fully saturated rings. The molecule has 0 radical (unpaired) electrons. The summed E-state index contributed by atoms with van der Waals surface area (Å²) in [5.41, 5.74) is 1.08. The number of hydrogen-bond donors (Lipinski definition) is 1. The number of likely N-dealkylation sites (tertiary alicyclic amines) is 1. The number of ether oxygens (including phenoxy) is 1. The summed E-state index contributed by atoms with van der Waals surface area (Å²) < 4.78 is 5.05. The highest BCUT2D eigenvalue weighted by Gasteiger charge is 2.45. The molecule has 2 heterocycles. The number of halogens is 1. The quantitative estimate of drug-likeness (QED) is 0.496. The van der Waals surface area contributed by atoms with E-state index < -0.39 is 17.7 Å². The first-order valence-electron chi connectivity index (χ1n) is 7.97. The second-order valence-corrected chi connectivity index (χ2v) is 6.21. The Hall–Kier alpha value is -2.70. The zero-order valence-electron chi connectivity index (χ0n) is 14.1. The van der Waals surface area contributed by atoms with Crippen LogP contribution in [0.5, 0.6) is 0 Å². The van der Waals surface area contributed by atoms with Crippen molar-refractivity contribution in [1.82, 2.24) is 9.88 Å². The predicted molar refractivity (Wildman–Crippen MR) is 96.6 cm³/mol. The van der Waals surface area contributed by atoms with Crippen LogP contribution in [0.2, 0.25) is 5.02 Å². The molecule has 0 saturated carbocycles. The number of methoxy groups -OCH3 is 1. The van der Waals surface area contributed by atoms with Crippen LogP contribution in [-0.4, -0.2) is 46.9 Å². The maximum absolute atomic E-state index is 12.6. The minimum atomic E-state index is -0.734. The number of nitrogens with zero attached hydrogens (tertiary/aromatic N) is 2. The average Bonchev–Trinajstić information content (AvgIpc) is 2.91. The fourth-order valence-corrected chi connectivity index (χ4v) is 3.07. The predicted octanol–water partition coefficient (Wildman–Crippen LogP) is 2.80. The fraction of sp³-hybridized carbons (Fsp3) is 0.211. The lowest BCUT2D eigenvalue weighted by Crippen LogP contribution is -2.32. The van der Waals surface area contributed by atoms with E-state index in [-0.39, 0.29) is 24.5 Å². The van der Waals surface area contributed by atoms with E-state index in [2.05, 4.69) is 4.98 Å². The largest absolute Gasteiger partial charge is 0.507 e. The zero-order valence-corrected chi connectivity index (χ0v) is 14.8. The Kier molecular flexibility index (Phi) is 5.35. The third-order valence-corrected chi connectivity index (χ3v) is 4.45. The molecule has 1 aromatic carbocycles. The highest BCUT2D eigenvalue weighted by Crippen LogP contribution is 2.38. The van der Waals surface area contributed by atoms with Crippen molar-refractivity contribution in [2.45, 2.75) is 6.04 Å². The van der Waals surface area contributed by atoms with E-state index in [4.69, 9.17) is 16.3 Å². The van der Waals surface area contributed by atoms with Gasteiger partial charge in [0.2, 0.25) is 0 Å². The number of carbonyl (C=O) groups is 2. The summed E-state index contributed by atoms with van der Waals surface area (Å²) in [4.78, 5) is 30.6. The molecule has 0 bridgehead atoms. The van der Waals surface area contributed by atoms with E-state index in [0.29, 0.717) is 16.1 Å². The van der Waals surface area contributed by atoms with Crippen LogP contribution in [-0.2, 0) is 14.3 Å². The minimum Gasteiger partial charge on any atom is -0.507 e. The van der Waals surface area contributed by atoms with Gasteiger partial charge >= 0.3 is 0 Å². The lowest BCUT2D eigenvalue weighted by atomic mass is 9.96. The maximum Gasteiger partial charge on any atom is 0.295 e. The molecule has 0 aliphatic carbocycles. The Morgan fingerprint density at radius 1 is 1.27 bits per heavy atom. The van der Waals surface area contributed by atoms with Crippen LogP contribution >= 0.6 is 11.6 Å². The second-order valence-electron chi connectivity index (χ2n) is 5.78. The Balaban J connectivity index is 2.14. The Labute approximate surface area is 155 Å². The first-order chi connectivity index (χ1) is 12.5. The molecule has 1 unspecified atom stereocenters. The number of aliphatic hydroxyl groups is 1. The summed E-state index contributed by atoms with van der Waals surface area (Å²) in [5.74, 6) is -1.65. The van der Waals surface area contributed by atoms with E-state index in [1.54, 1.807) is 48.8 Å². The first kappa shape index (κ1) is 18.1. The monoisotopic (exact) mass is 372 g/mol. The number of aliphatic hydroxyl groups excluding tert-OH is 1. The molecule has 26 heavy (non-hydrogen) atoms. The number of aromatic nitrogens is 1. The maximum atomic E-state index is 12.6. The number of rotatable bonds is 5. The highest BCUT2D eigenvalue weighted by atomic mass is 35.5. The minimum absolute atomic E-state index is 0.0291. The van der Waals surface area contributed by atoms with Crippen molar-refractivity contribution in [2.75, 3.05) is 20.3 Å². The molecule has 1 aromatic heterocycles. The number of Topliss-reactive ketones (excluding diaryl/α,β-unsaturated/α-hetero) is 1. The normalized spacial score (nSPS) is 19.2. The van der Waals surface area contributed by atoms with Gasteiger partial charge in [0.25, 0.3) is 11.7 Å². The van der Waals surface area contributed by atoms with Gasteiger partial charge in [-0.2, -0.15) is 0 Å². The molecule has 1 N–H and O–H groups in total. The molecular weight excluding hydrogens is 356 g/mol.